The molecule has 0 aliphatic carbocycles. The summed E-state index contributed by atoms with van der Waals surface area (Å²) in [7, 11) is 1.63. The molecule has 1 heterocycles. The van der Waals surface area contributed by atoms with Crippen LogP contribution < -0.4 is 0 Å². The van der Waals surface area contributed by atoms with E-state index in [1.807, 2.05) is 115 Å². The predicted octanol–water partition coefficient (Wildman–Crippen LogP) is 7.24. The van der Waals surface area contributed by atoms with E-state index in [0.717, 1.165) is 28.0 Å². The number of benzene rings is 4. The van der Waals surface area contributed by atoms with Crippen molar-refractivity contribution in [1.29, 1.82) is 0 Å². The molecule has 1 aliphatic heterocycles. The van der Waals surface area contributed by atoms with Gasteiger partial charge in [-0.2, -0.15) is 0 Å². The van der Waals surface area contributed by atoms with Gasteiger partial charge in [0, 0.05) is 13.5 Å². The third kappa shape index (κ3) is 9.10. The molecule has 0 fully saturated rings. The highest BCUT2D eigenvalue weighted by Crippen LogP contribution is 2.36. The predicted molar refractivity (Wildman–Crippen MR) is 166 cm³/mol. The molecule has 4 aromatic rings. The fourth-order valence-corrected chi connectivity index (χ4v) is 5.00. The number of methoxy groups -OCH3 is 1. The minimum Gasteiger partial charge on any atom is -0.461 e. The van der Waals surface area contributed by atoms with Crippen molar-refractivity contribution in [2.75, 3.05) is 20.3 Å². The van der Waals surface area contributed by atoms with Gasteiger partial charge in [-0.3, -0.25) is 0 Å². The van der Waals surface area contributed by atoms with Crippen LogP contribution in [0.25, 0.3) is 0 Å². The lowest BCUT2D eigenvalue weighted by molar-refractivity contribution is -0.313. The van der Waals surface area contributed by atoms with E-state index in [-0.39, 0.29) is 6.61 Å². The van der Waals surface area contributed by atoms with Gasteiger partial charge in [0.25, 0.3) is 5.79 Å². The zero-order valence-corrected chi connectivity index (χ0v) is 24.7. The molecule has 0 radical (unpaired) electrons. The van der Waals surface area contributed by atoms with E-state index >= 15 is 0 Å². The summed E-state index contributed by atoms with van der Waals surface area (Å²) in [5.41, 5.74) is 4.30. The molecule has 0 bridgehead atoms. The highest BCUT2D eigenvalue weighted by Gasteiger charge is 2.51. The second-order valence-electron chi connectivity index (χ2n) is 10.5. The molecule has 0 unspecified atom stereocenters. The minimum absolute atomic E-state index is 0.144. The van der Waals surface area contributed by atoms with Gasteiger partial charge in [0.2, 0.25) is 0 Å². The second kappa shape index (κ2) is 16.2. The van der Waals surface area contributed by atoms with Crippen molar-refractivity contribution in [2.45, 2.75) is 50.8 Å². The lowest BCUT2D eigenvalue weighted by Gasteiger charge is -2.45. The van der Waals surface area contributed by atoms with Gasteiger partial charge in [-0.15, -0.1) is 0 Å². The van der Waals surface area contributed by atoms with Crippen LogP contribution in [-0.4, -0.2) is 38.3 Å². The molecule has 6 nitrogen and oxygen atoms in total. The van der Waals surface area contributed by atoms with Crippen LogP contribution in [-0.2, 0) is 54.8 Å². The molecule has 0 saturated heterocycles. The van der Waals surface area contributed by atoms with E-state index in [4.69, 9.17) is 28.4 Å². The Morgan fingerprint density at radius 1 is 0.581 bits per heavy atom. The molecule has 0 amide bonds. The summed E-state index contributed by atoms with van der Waals surface area (Å²) >= 11 is 0. The monoisotopic (exact) mass is 580 g/mol. The molecule has 5 rings (SSSR count). The summed E-state index contributed by atoms with van der Waals surface area (Å²) in [6, 6.07) is 40.4. The first-order chi connectivity index (χ1) is 21.2. The normalized spacial score (nSPS) is 19.9. The standard InChI is InChI=1S/C37H40O6/c1-38-37(29-40-26-31-16-8-3-9-17-31)36(42-28-33-20-12-5-13-21-33)35(41-27-32-18-10-4-11-19-32)24-34(43-37)22-23-39-25-30-14-6-2-7-15-30/h2-21,24,35-36H,22-23,25-29H2,1H3/t35-,36-,37+/m0/s1. The Labute approximate surface area is 254 Å². The van der Waals surface area contributed by atoms with E-state index in [9.17, 15) is 0 Å². The van der Waals surface area contributed by atoms with Crippen LogP contribution in [0.4, 0.5) is 0 Å². The minimum atomic E-state index is -1.24. The topological polar surface area (TPSA) is 55.4 Å². The van der Waals surface area contributed by atoms with E-state index in [1.54, 1.807) is 7.11 Å². The SMILES string of the molecule is CO[C@]1(COCc2ccccc2)OC(CCOCc2ccccc2)=C[C@H](OCc2ccccc2)[C@@H]1OCc1ccccc1. The molecule has 1 aliphatic rings. The van der Waals surface area contributed by atoms with Crippen molar-refractivity contribution in [2.24, 2.45) is 0 Å². The van der Waals surface area contributed by atoms with Crippen molar-refractivity contribution in [3.63, 3.8) is 0 Å². The van der Waals surface area contributed by atoms with Crippen molar-refractivity contribution >= 4 is 0 Å². The number of ether oxygens (including phenoxy) is 6. The Morgan fingerprint density at radius 2 is 1.05 bits per heavy atom. The number of hydrogen-bond donors (Lipinski definition) is 0. The summed E-state index contributed by atoms with van der Waals surface area (Å²) in [6.07, 6.45) is 1.49. The highest BCUT2D eigenvalue weighted by atomic mass is 16.7. The van der Waals surface area contributed by atoms with E-state index in [2.05, 4.69) is 12.1 Å². The summed E-state index contributed by atoms with van der Waals surface area (Å²) in [4.78, 5) is 0. The summed E-state index contributed by atoms with van der Waals surface area (Å²) < 4.78 is 38.1. The van der Waals surface area contributed by atoms with Crippen molar-refractivity contribution in [3.05, 3.63) is 155 Å². The van der Waals surface area contributed by atoms with Gasteiger partial charge in [-0.25, -0.2) is 0 Å². The Hall–Kier alpha value is -3.78. The fourth-order valence-electron chi connectivity index (χ4n) is 5.00. The first-order valence-corrected chi connectivity index (χ1v) is 14.7. The van der Waals surface area contributed by atoms with Gasteiger partial charge >= 0.3 is 0 Å². The average Bonchev–Trinajstić information content (AvgIpc) is 3.07. The van der Waals surface area contributed by atoms with Crippen LogP contribution >= 0.6 is 0 Å². The molecule has 3 atom stereocenters. The smallest absolute Gasteiger partial charge is 0.262 e. The van der Waals surface area contributed by atoms with Crippen LogP contribution in [0.15, 0.2) is 133 Å². The van der Waals surface area contributed by atoms with Crippen LogP contribution in [0.5, 0.6) is 0 Å². The fraction of sp³-hybridized carbons (Fsp3) is 0.297. The van der Waals surface area contributed by atoms with Gasteiger partial charge in [0.05, 0.1) is 33.0 Å². The Bertz CT molecular complexity index is 1360. The van der Waals surface area contributed by atoms with Crippen LogP contribution in [0.1, 0.15) is 28.7 Å². The molecular formula is C37H40O6. The molecule has 43 heavy (non-hydrogen) atoms. The summed E-state index contributed by atoms with van der Waals surface area (Å²) in [6.45, 7) is 2.34. The number of hydrogen-bond acceptors (Lipinski definition) is 6. The Balaban J connectivity index is 1.36. The largest absolute Gasteiger partial charge is 0.461 e. The molecular weight excluding hydrogens is 540 g/mol. The van der Waals surface area contributed by atoms with Gasteiger partial charge < -0.3 is 28.4 Å². The molecule has 0 saturated carbocycles. The Kier molecular flexibility index (Phi) is 11.5. The maximum Gasteiger partial charge on any atom is 0.262 e. The zero-order chi connectivity index (χ0) is 29.6. The third-order valence-electron chi connectivity index (χ3n) is 7.31. The molecule has 6 heteroatoms. The lowest BCUT2D eigenvalue weighted by Crippen LogP contribution is -2.59. The van der Waals surface area contributed by atoms with Gasteiger partial charge in [0.1, 0.15) is 18.5 Å². The highest BCUT2D eigenvalue weighted by molar-refractivity contribution is 5.18. The third-order valence-corrected chi connectivity index (χ3v) is 7.31. The maximum atomic E-state index is 6.63. The molecule has 224 valence electrons. The lowest BCUT2D eigenvalue weighted by atomic mass is 9.99. The van der Waals surface area contributed by atoms with Crippen molar-refractivity contribution in [1.82, 2.24) is 0 Å². The molecule has 0 aromatic heterocycles. The summed E-state index contributed by atoms with van der Waals surface area (Å²) in [5, 5.41) is 0. The van der Waals surface area contributed by atoms with E-state index in [1.165, 1.54) is 0 Å². The van der Waals surface area contributed by atoms with Crippen LogP contribution in [0.3, 0.4) is 0 Å². The number of rotatable bonds is 16. The second-order valence-corrected chi connectivity index (χ2v) is 10.5. The van der Waals surface area contributed by atoms with E-state index in [0.29, 0.717) is 39.5 Å². The molecule has 4 aromatic carbocycles. The average molecular weight is 581 g/mol. The van der Waals surface area contributed by atoms with Gasteiger partial charge in [-0.1, -0.05) is 121 Å². The van der Waals surface area contributed by atoms with Crippen LogP contribution in [0, 0.1) is 0 Å². The summed E-state index contributed by atoms with van der Waals surface area (Å²) in [5.74, 6) is -0.523. The molecule has 0 N–H and O–H groups in total. The quantitative estimate of drug-likeness (QED) is 0.130. The van der Waals surface area contributed by atoms with Crippen molar-refractivity contribution < 1.29 is 28.4 Å². The van der Waals surface area contributed by atoms with Crippen LogP contribution in [0.2, 0.25) is 0 Å². The Morgan fingerprint density at radius 3 is 1.56 bits per heavy atom. The molecule has 0 spiro atoms. The van der Waals surface area contributed by atoms with Crippen molar-refractivity contribution in [3.8, 4) is 0 Å². The van der Waals surface area contributed by atoms with E-state index < -0.39 is 18.0 Å². The zero-order valence-electron chi connectivity index (χ0n) is 24.7. The first-order valence-electron chi connectivity index (χ1n) is 14.7. The maximum absolute atomic E-state index is 6.63. The van der Waals surface area contributed by atoms with Gasteiger partial charge in [0.15, 0.2) is 6.10 Å². The van der Waals surface area contributed by atoms with Gasteiger partial charge in [-0.05, 0) is 28.3 Å². The first kappa shape index (κ1) is 30.7.